The van der Waals surface area contributed by atoms with E-state index in [0.29, 0.717) is 42.6 Å². The molecule has 0 aliphatic carbocycles. The summed E-state index contributed by atoms with van der Waals surface area (Å²) in [4.78, 5) is 19.1. The van der Waals surface area contributed by atoms with Crippen molar-refractivity contribution >= 4 is 23.3 Å². The van der Waals surface area contributed by atoms with Crippen LogP contribution >= 0.6 is 11.6 Å². The van der Waals surface area contributed by atoms with Gasteiger partial charge in [0.25, 0.3) is 0 Å². The number of pyridine rings is 1. The number of benzene rings is 1. The van der Waals surface area contributed by atoms with Gasteiger partial charge in [-0.15, -0.1) is 0 Å². The Labute approximate surface area is 155 Å². The predicted octanol–water partition coefficient (Wildman–Crippen LogP) is 2.66. The van der Waals surface area contributed by atoms with Gasteiger partial charge in [-0.3, -0.25) is 9.69 Å². The summed E-state index contributed by atoms with van der Waals surface area (Å²) in [5, 5.41) is 9.22. The number of carbonyl (C=O) groups is 1. The largest absolute Gasteiger partial charge is 0.480 e. The number of halogens is 2. The highest BCUT2D eigenvalue weighted by molar-refractivity contribution is 6.30. The number of carboxylic acid groups (broad SMARTS) is 1. The van der Waals surface area contributed by atoms with Crippen molar-refractivity contribution in [2.75, 3.05) is 37.6 Å². The molecule has 1 aromatic carbocycles. The van der Waals surface area contributed by atoms with Gasteiger partial charge in [0.2, 0.25) is 5.88 Å². The second-order valence-electron chi connectivity index (χ2n) is 6.01. The maximum absolute atomic E-state index is 13.9. The number of carboxylic acids is 1. The van der Waals surface area contributed by atoms with Crippen molar-refractivity contribution in [1.29, 1.82) is 0 Å². The van der Waals surface area contributed by atoms with E-state index in [2.05, 4.69) is 9.88 Å². The van der Waals surface area contributed by atoms with Crippen molar-refractivity contribution in [3.05, 3.63) is 52.9 Å². The lowest BCUT2D eigenvalue weighted by Crippen LogP contribution is -2.48. The Morgan fingerprint density at radius 1 is 1.27 bits per heavy atom. The van der Waals surface area contributed by atoms with Gasteiger partial charge in [-0.25, -0.2) is 9.37 Å². The molecule has 2 aromatic rings. The van der Waals surface area contributed by atoms with Gasteiger partial charge in [0, 0.05) is 43.0 Å². The van der Waals surface area contributed by atoms with Crippen molar-refractivity contribution in [3.63, 3.8) is 0 Å². The molecule has 0 amide bonds. The first-order chi connectivity index (χ1) is 12.5. The molecule has 1 fully saturated rings. The molecule has 2 heterocycles. The number of aliphatic carboxylic acids is 1. The molecule has 1 aliphatic rings. The van der Waals surface area contributed by atoms with Crippen molar-refractivity contribution in [2.24, 2.45) is 0 Å². The number of piperazine rings is 1. The van der Waals surface area contributed by atoms with Crippen LogP contribution in [0.1, 0.15) is 5.56 Å². The van der Waals surface area contributed by atoms with E-state index < -0.39 is 11.8 Å². The van der Waals surface area contributed by atoms with E-state index in [1.54, 1.807) is 18.3 Å². The highest BCUT2D eigenvalue weighted by atomic mass is 35.5. The lowest BCUT2D eigenvalue weighted by molar-refractivity contribution is -0.138. The lowest BCUT2D eigenvalue weighted by Gasteiger charge is -2.35. The van der Waals surface area contributed by atoms with E-state index in [-0.39, 0.29) is 13.2 Å². The van der Waals surface area contributed by atoms with Crippen LogP contribution in [0.15, 0.2) is 36.5 Å². The van der Waals surface area contributed by atoms with Crippen LogP contribution < -0.4 is 9.64 Å². The average Bonchev–Trinajstić information content (AvgIpc) is 2.61. The maximum Gasteiger partial charge on any atom is 0.317 e. The summed E-state index contributed by atoms with van der Waals surface area (Å²) in [6.07, 6.45) is 1.62. The number of ether oxygens (including phenoxy) is 1. The normalized spacial score (nSPS) is 15.1. The number of anilines is 1. The fourth-order valence-electron chi connectivity index (χ4n) is 2.86. The zero-order valence-corrected chi connectivity index (χ0v) is 14.8. The van der Waals surface area contributed by atoms with Crippen LogP contribution in [0.4, 0.5) is 10.1 Å². The third-order valence-electron chi connectivity index (χ3n) is 4.20. The molecule has 6 nitrogen and oxygen atoms in total. The monoisotopic (exact) mass is 379 g/mol. The Kier molecular flexibility index (Phi) is 5.90. The van der Waals surface area contributed by atoms with Crippen LogP contribution in [0.3, 0.4) is 0 Å². The molecule has 138 valence electrons. The van der Waals surface area contributed by atoms with Gasteiger partial charge in [0.1, 0.15) is 12.4 Å². The molecule has 0 unspecified atom stereocenters. The molecule has 0 atom stereocenters. The van der Waals surface area contributed by atoms with Gasteiger partial charge in [-0.2, -0.15) is 0 Å². The Morgan fingerprint density at radius 3 is 2.73 bits per heavy atom. The fraction of sp³-hybridized carbons (Fsp3) is 0.333. The smallest absolute Gasteiger partial charge is 0.317 e. The number of aromatic nitrogens is 1. The first-order valence-corrected chi connectivity index (χ1v) is 8.61. The Hall–Kier alpha value is -2.38. The van der Waals surface area contributed by atoms with Crippen molar-refractivity contribution < 1.29 is 19.0 Å². The molecule has 0 radical (unpaired) electrons. The summed E-state index contributed by atoms with van der Waals surface area (Å²) >= 11 is 5.76. The molecule has 3 rings (SSSR count). The molecule has 8 heteroatoms. The first-order valence-electron chi connectivity index (χ1n) is 8.24. The third kappa shape index (κ3) is 4.62. The predicted molar refractivity (Wildman–Crippen MR) is 96.3 cm³/mol. The molecule has 1 saturated heterocycles. The van der Waals surface area contributed by atoms with Gasteiger partial charge in [-0.1, -0.05) is 17.7 Å². The molecule has 1 aromatic heterocycles. The number of nitrogens with zero attached hydrogens (tertiary/aromatic N) is 3. The standard InChI is InChI=1S/C18H19ClFN3O3/c19-14-4-3-13(15(20)10-14)12-26-18-16(2-1-5-21-18)23-8-6-22(7-9-23)11-17(24)25/h1-5,10H,6-9,11-12H2,(H,24,25). The molecule has 1 aliphatic heterocycles. The Bertz CT molecular complexity index is 782. The number of hydrogen-bond donors (Lipinski definition) is 1. The molecule has 0 spiro atoms. The molecule has 0 saturated carbocycles. The van der Waals surface area contributed by atoms with Crippen LogP contribution in [-0.4, -0.2) is 53.7 Å². The highest BCUT2D eigenvalue weighted by Gasteiger charge is 2.21. The average molecular weight is 380 g/mol. The minimum atomic E-state index is -0.825. The van der Waals surface area contributed by atoms with E-state index in [0.717, 1.165) is 5.69 Å². The van der Waals surface area contributed by atoms with Crippen molar-refractivity contribution in [1.82, 2.24) is 9.88 Å². The van der Waals surface area contributed by atoms with Gasteiger partial charge < -0.3 is 14.7 Å². The van der Waals surface area contributed by atoms with Gasteiger partial charge in [0.15, 0.2) is 0 Å². The fourth-order valence-corrected chi connectivity index (χ4v) is 3.02. The maximum atomic E-state index is 13.9. The zero-order chi connectivity index (χ0) is 18.5. The first kappa shape index (κ1) is 18.4. The van der Waals surface area contributed by atoms with Gasteiger partial charge in [0.05, 0.1) is 12.2 Å². The third-order valence-corrected chi connectivity index (χ3v) is 4.44. The SMILES string of the molecule is O=C(O)CN1CCN(c2cccnc2OCc2ccc(Cl)cc2F)CC1. The van der Waals surface area contributed by atoms with Gasteiger partial charge in [-0.05, 0) is 24.3 Å². The molecule has 1 N–H and O–H groups in total. The van der Waals surface area contributed by atoms with Crippen LogP contribution in [0.2, 0.25) is 5.02 Å². The lowest BCUT2D eigenvalue weighted by atomic mass is 10.2. The van der Waals surface area contributed by atoms with Crippen LogP contribution in [0.25, 0.3) is 0 Å². The zero-order valence-electron chi connectivity index (χ0n) is 14.1. The summed E-state index contributed by atoms with van der Waals surface area (Å²) < 4.78 is 19.7. The number of hydrogen-bond acceptors (Lipinski definition) is 5. The van der Waals surface area contributed by atoms with E-state index in [1.165, 1.54) is 6.07 Å². The molecular weight excluding hydrogens is 361 g/mol. The summed E-state index contributed by atoms with van der Waals surface area (Å²) in [7, 11) is 0. The Balaban J connectivity index is 1.66. The quantitative estimate of drug-likeness (QED) is 0.832. The van der Waals surface area contributed by atoms with Crippen molar-refractivity contribution in [2.45, 2.75) is 6.61 Å². The summed E-state index contributed by atoms with van der Waals surface area (Å²) in [5.74, 6) is -0.820. The van der Waals surface area contributed by atoms with E-state index in [1.807, 2.05) is 17.0 Å². The van der Waals surface area contributed by atoms with Crippen molar-refractivity contribution in [3.8, 4) is 5.88 Å². The van der Waals surface area contributed by atoms with E-state index in [4.69, 9.17) is 21.4 Å². The minimum absolute atomic E-state index is 0.0417. The topological polar surface area (TPSA) is 65.9 Å². The minimum Gasteiger partial charge on any atom is -0.480 e. The second kappa shape index (κ2) is 8.33. The molecular formula is C18H19ClFN3O3. The summed E-state index contributed by atoms with van der Waals surface area (Å²) in [6.45, 7) is 2.72. The molecule has 0 bridgehead atoms. The van der Waals surface area contributed by atoms with E-state index in [9.17, 15) is 9.18 Å². The second-order valence-corrected chi connectivity index (χ2v) is 6.45. The highest BCUT2D eigenvalue weighted by Crippen LogP contribution is 2.27. The summed E-state index contributed by atoms with van der Waals surface area (Å²) in [5.41, 5.74) is 1.22. The molecule has 26 heavy (non-hydrogen) atoms. The Morgan fingerprint density at radius 2 is 2.04 bits per heavy atom. The van der Waals surface area contributed by atoms with Crippen LogP contribution in [0, 0.1) is 5.82 Å². The van der Waals surface area contributed by atoms with E-state index >= 15 is 0 Å². The summed E-state index contributed by atoms with van der Waals surface area (Å²) in [6, 6.07) is 8.17. The van der Waals surface area contributed by atoms with Gasteiger partial charge >= 0.3 is 5.97 Å². The van der Waals surface area contributed by atoms with Crippen LogP contribution in [-0.2, 0) is 11.4 Å². The van der Waals surface area contributed by atoms with Crippen LogP contribution in [0.5, 0.6) is 5.88 Å². The number of rotatable bonds is 6.